The zero-order valence-electron chi connectivity index (χ0n) is 13.1. The first-order valence-corrected chi connectivity index (χ1v) is 6.70. The van der Waals surface area contributed by atoms with Crippen LogP contribution in [0.2, 0.25) is 0 Å². The maximum absolute atomic E-state index is 13.5. The van der Waals surface area contributed by atoms with E-state index in [1.165, 1.54) is 0 Å². The van der Waals surface area contributed by atoms with Crippen LogP contribution in [0.3, 0.4) is 0 Å². The van der Waals surface area contributed by atoms with E-state index >= 15 is 0 Å². The highest BCUT2D eigenvalue weighted by Crippen LogP contribution is 2.47. The van der Waals surface area contributed by atoms with E-state index in [0.717, 1.165) is 0 Å². The van der Waals surface area contributed by atoms with Crippen LogP contribution in [0, 0.1) is 0 Å². The van der Waals surface area contributed by atoms with E-state index in [1.807, 2.05) is 0 Å². The standard InChI is InChI=1S/C14H5F13O2/c15-10(13(22,23)24,14(25,26)27)9(29)4-8(28)5-1-2-6(11(16,17)18)7(3-5)12(19,20)21/h1-4,28H/b8-4-. The molecule has 0 aliphatic carbocycles. The molecule has 0 radical (unpaired) electrons. The molecule has 0 saturated carbocycles. The third-order valence-electron chi connectivity index (χ3n) is 3.31. The Morgan fingerprint density at radius 3 is 1.48 bits per heavy atom. The fraction of sp³-hybridized carbons (Fsp3) is 0.357. The molecule has 0 spiro atoms. The topological polar surface area (TPSA) is 37.3 Å². The molecule has 0 saturated heterocycles. The van der Waals surface area contributed by atoms with Gasteiger partial charge in [-0.3, -0.25) is 4.79 Å². The molecule has 29 heavy (non-hydrogen) atoms. The molecule has 1 aromatic carbocycles. The quantitative estimate of drug-likeness (QED) is 0.346. The van der Waals surface area contributed by atoms with Crippen molar-refractivity contribution in [2.45, 2.75) is 30.4 Å². The molecule has 1 N–H and O–H groups in total. The lowest BCUT2D eigenvalue weighted by atomic mass is 9.96. The van der Waals surface area contributed by atoms with Crippen LogP contribution in [0.4, 0.5) is 57.1 Å². The minimum absolute atomic E-state index is 0.0261. The summed E-state index contributed by atoms with van der Waals surface area (Å²) in [6.07, 6.45) is -26.0. The van der Waals surface area contributed by atoms with Gasteiger partial charge in [-0.25, -0.2) is 4.39 Å². The van der Waals surface area contributed by atoms with Gasteiger partial charge in [0.25, 0.3) is 0 Å². The average molecular weight is 452 g/mol. The van der Waals surface area contributed by atoms with Gasteiger partial charge < -0.3 is 5.11 Å². The van der Waals surface area contributed by atoms with Crippen molar-refractivity contribution in [2.24, 2.45) is 0 Å². The molecule has 0 bridgehead atoms. The number of hydrogen-bond acceptors (Lipinski definition) is 2. The number of allylic oxidation sites excluding steroid dienone is 1. The van der Waals surface area contributed by atoms with E-state index in [2.05, 4.69) is 0 Å². The van der Waals surface area contributed by atoms with Crippen molar-refractivity contribution in [1.82, 2.24) is 0 Å². The number of carbonyl (C=O) groups is 1. The van der Waals surface area contributed by atoms with Crippen LogP contribution in [0.5, 0.6) is 0 Å². The second-order valence-electron chi connectivity index (χ2n) is 5.30. The predicted molar refractivity (Wildman–Crippen MR) is 68.0 cm³/mol. The Hall–Kier alpha value is -2.48. The monoisotopic (exact) mass is 452 g/mol. The fourth-order valence-electron chi connectivity index (χ4n) is 1.93. The average Bonchev–Trinajstić information content (AvgIpc) is 2.49. The predicted octanol–water partition coefficient (Wildman–Crippen LogP) is 6.03. The van der Waals surface area contributed by atoms with Gasteiger partial charge in [-0.1, -0.05) is 6.07 Å². The van der Waals surface area contributed by atoms with Gasteiger partial charge in [0.15, 0.2) is 0 Å². The Labute approximate surface area is 151 Å². The molecular formula is C14H5F13O2. The summed E-state index contributed by atoms with van der Waals surface area (Å²) in [4.78, 5) is 11.2. The second-order valence-corrected chi connectivity index (χ2v) is 5.30. The van der Waals surface area contributed by atoms with Gasteiger partial charge in [-0.2, -0.15) is 52.7 Å². The van der Waals surface area contributed by atoms with Crippen LogP contribution in [0.15, 0.2) is 24.3 Å². The van der Waals surface area contributed by atoms with Gasteiger partial charge in [-0.05, 0) is 12.1 Å². The highest BCUT2D eigenvalue weighted by Gasteiger charge is 2.76. The third kappa shape index (κ3) is 4.75. The van der Waals surface area contributed by atoms with E-state index in [1.54, 1.807) is 0 Å². The van der Waals surface area contributed by atoms with Crippen LogP contribution >= 0.6 is 0 Å². The Morgan fingerprint density at radius 2 is 1.14 bits per heavy atom. The largest absolute Gasteiger partial charge is 0.507 e. The van der Waals surface area contributed by atoms with E-state index < -0.39 is 70.7 Å². The van der Waals surface area contributed by atoms with Crippen molar-refractivity contribution in [2.75, 3.05) is 0 Å². The van der Waals surface area contributed by atoms with Crippen LogP contribution in [-0.2, 0) is 17.1 Å². The first-order valence-electron chi connectivity index (χ1n) is 6.70. The molecule has 0 atom stereocenters. The van der Waals surface area contributed by atoms with Crippen molar-refractivity contribution in [1.29, 1.82) is 0 Å². The molecule has 0 heterocycles. The molecular weight excluding hydrogens is 447 g/mol. The van der Waals surface area contributed by atoms with Crippen LogP contribution in [0.25, 0.3) is 5.76 Å². The Bertz CT molecular complexity index is 795. The normalized spacial score (nSPS) is 14.9. The van der Waals surface area contributed by atoms with Gasteiger partial charge in [0.05, 0.1) is 11.1 Å². The molecule has 0 aliphatic rings. The van der Waals surface area contributed by atoms with Gasteiger partial charge in [0.1, 0.15) is 5.76 Å². The lowest BCUT2D eigenvalue weighted by Crippen LogP contribution is -2.58. The van der Waals surface area contributed by atoms with E-state index in [0.29, 0.717) is 0 Å². The van der Waals surface area contributed by atoms with Gasteiger partial charge in [-0.15, -0.1) is 0 Å². The lowest BCUT2D eigenvalue weighted by molar-refractivity contribution is -0.323. The van der Waals surface area contributed by atoms with Crippen molar-refractivity contribution in [3.05, 3.63) is 41.0 Å². The summed E-state index contributed by atoms with van der Waals surface area (Å²) >= 11 is 0. The summed E-state index contributed by atoms with van der Waals surface area (Å²) < 4.78 is 164. The zero-order chi connectivity index (χ0) is 23.2. The molecule has 0 aliphatic heterocycles. The summed E-state index contributed by atoms with van der Waals surface area (Å²) in [5.41, 5.74) is -12.7. The summed E-state index contributed by atoms with van der Waals surface area (Å²) in [5.74, 6) is -5.52. The van der Waals surface area contributed by atoms with Gasteiger partial charge >= 0.3 is 30.4 Å². The number of alkyl halides is 13. The van der Waals surface area contributed by atoms with E-state index in [9.17, 15) is 67.0 Å². The highest BCUT2D eigenvalue weighted by molar-refractivity contribution is 6.02. The molecule has 0 unspecified atom stereocenters. The summed E-state index contributed by atoms with van der Waals surface area (Å²) in [6.45, 7) is 0. The molecule has 15 heteroatoms. The number of ketones is 1. The number of carbonyl (C=O) groups excluding carboxylic acids is 1. The number of aliphatic hydroxyl groups is 1. The smallest absolute Gasteiger partial charge is 0.439 e. The molecule has 2 nitrogen and oxygen atoms in total. The molecule has 0 fully saturated rings. The van der Waals surface area contributed by atoms with Crippen molar-refractivity contribution in [3.63, 3.8) is 0 Å². The molecule has 0 aromatic heterocycles. The van der Waals surface area contributed by atoms with Crippen LogP contribution in [-0.4, -0.2) is 28.9 Å². The minimum atomic E-state index is -6.86. The van der Waals surface area contributed by atoms with E-state index in [-0.39, 0.29) is 12.1 Å². The van der Waals surface area contributed by atoms with E-state index in [4.69, 9.17) is 0 Å². The van der Waals surface area contributed by atoms with Crippen molar-refractivity contribution in [3.8, 4) is 0 Å². The van der Waals surface area contributed by atoms with Crippen LogP contribution < -0.4 is 0 Å². The molecule has 1 rings (SSSR count). The van der Waals surface area contributed by atoms with Gasteiger partial charge in [0.2, 0.25) is 5.78 Å². The first-order chi connectivity index (χ1) is 12.6. The Morgan fingerprint density at radius 1 is 0.724 bits per heavy atom. The maximum Gasteiger partial charge on any atom is 0.439 e. The molecule has 164 valence electrons. The summed E-state index contributed by atoms with van der Waals surface area (Å²) in [7, 11) is 0. The number of benzene rings is 1. The Kier molecular flexibility index (Phi) is 6.00. The van der Waals surface area contributed by atoms with Crippen molar-refractivity contribution < 1.29 is 67.0 Å². The minimum Gasteiger partial charge on any atom is -0.507 e. The maximum atomic E-state index is 13.5. The highest BCUT2D eigenvalue weighted by atomic mass is 19.4. The fourth-order valence-corrected chi connectivity index (χ4v) is 1.93. The SMILES string of the molecule is O=C(/C=C(\O)c1ccc(C(F)(F)F)c(C(F)(F)F)c1)C(F)(C(F)(F)F)C(F)(F)F. The second kappa shape index (κ2) is 7.09. The number of hydrogen-bond donors (Lipinski definition) is 1. The number of aliphatic hydroxyl groups excluding tert-OH is 1. The Balaban J connectivity index is 3.57. The lowest BCUT2D eigenvalue weighted by Gasteiger charge is -2.27. The summed E-state index contributed by atoms with van der Waals surface area (Å²) in [6, 6.07) is -0.746. The summed E-state index contributed by atoms with van der Waals surface area (Å²) in [5, 5.41) is 9.36. The zero-order valence-corrected chi connectivity index (χ0v) is 13.1. The van der Waals surface area contributed by atoms with Crippen molar-refractivity contribution >= 4 is 11.5 Å². The molecule has 1 aromatic rings. The molecule has 0 amide bonds. The number of rotatable bonds is 3. The number of halogens is 13. The third-order valence-corrected chi connectivity index (χ3v) is 3.31. The van der Waals surface area contributed by atoms with Crippen LogP contribution in [0.1, 0.15) is 16.7 Å². The first kappa shape index (κ1) is 24.6. The van der Waals surface area contributed by atoms with Gasteiger partial charge in [0, 0.05) is 11.6 Å².